The molecule has 0 radical (unpaired) electrons. The first-order chi connectivity index (χ1) is 15.1. The summed E-state index contributed by atoms with van der Waals surface area (Å²) < 4.78 is 13.1. The molecule has 1 heterocycles. The van der Waals surface area contributed by atoms with E-state index < -0.39 is 11.7 Å². The third-order valence-corrected chi connectivity index (χ3v) is 5.52. The fourth-order valence-electron chi connectivity index (χ4n) is 3.53. The maximum atomic E-state index is 12.9. The molecule has 168 valence electrons. The van der Waals surface area contributed by atoms with E-state index in [0.717, 1.165) is 23.9 Å². The first kappa shape index (κ1) is 22.2. The molecule has 2 aromatic carbocycles. The summed E-state index contributed by atoms with van der Waals surface area (Å²) >= 11 is 6.14. The van der Waals surface area contributed by atoms with Crippen molar-refractivity contribution >= 4 is 40.2 Å². The van der Waals surface area contributed by atoms with Gasteiger partial charge in [-0.2, -0.15) is 0 Å². The maximum absolute atomic E-state index is 12.9. The van der Waals surface area contributed by atoms with Crippen LogP contribution in [0.3, 0.4) is 0 Å². The largest absolute Gasteiger partial charge is 0.487 e. The summed E-state index contributed by atoms with van der Waals surface area (Å²) in [6.45, 7) is 5.66. The zero-order chi connectivity index (χ0) is 23.0. The molecule has 0 bridgehead atoms. The Balaban J connectivity index is 1.54. The molecule has 32 heavy (non-hydrogen) atoms. The Morgan fingerprint density at radius 1 is 1.09 bits per heavy atom. The Kier molecular flexibility index (Phi) is 5.91. The minimum atomic E-state index is -0.627. The van der Waals surface area contributed by atoms with Gasteiger partial charge in [0.15, 0.2) is 0 Å². The average Bonchev–Trinajstić information content (AvgIpc) is 3.51. The standard InChI is InChI=1S/C25H27ClN2O4/c1-25(2,3)32-24(30)28-20(14-17-13-18(26)7-12-22(17)28)15-31-21-10-8-19(9-11-21)27(4)23(29)16-5-6-16/h7-14,16H,5-6,15H2,1-4H3. The Hall–Kier alpha value is -2.99. The summed E-state index contributed by atoms with van der Waals surface area (Å²) in [6, 6.07) is 14.6. The lowest BCUT2D eigenvalue weighted by Gasteiger charge is -2.21. The lowest BCUT2D eigenvalue weighted by molar-refractivity contribution is -0.119. The van der Waals surface area contributed by atoms with Crippen LogP contribution in [0.1, 0.15) is 39.3 Å². The molecule has 1 aliphatic carbocycles. The van der Waals surface area contributed by atoms with Crippen LogP contribution < -0.4 is 9.64 Å². The van der Waals surface area contributed by atoms with Crippen LogP contribution in [-0.4, -0.2) is 29.2 Å². The quantitative estimate of drug-likeness (QED) is 0.472. The summed E-state index contributed by atoms with van der Waals surface area (Å²) in [5.41, 5.74) is 1.56. The zero-order valence-electron chi connectivity index (χ0n) is 18.7. The molecule has 1 aromatic heterocycles. The second-order valence-electron chi connectivity index (χ2n) is 9.11. The summed E-state index contributed by atoms with van der Waals surface area (Å²) in [6.07, 6.45) is 1.48. The van der Waals surface area contributed by atoms with E-state index in [1.54, 1.807) is 24.1 Å². The number of hydrogen-bond acceptors (Lipinski definition) is 4. The summed E-state index contributed by atoms with van der Waals surface area (Å²) in [4.78, 5) is 26.8. The first-order valence-electron chi connectivity index (χ1n) is 10.7. The number of amides is 1. The molecule has 3 aromatic rings. The maximum Gasteiger partial charge on any atom is 0.419 e. The topological polar surface area (TPSA) is 60.8 Å². The van der Waals surface area contributed by atoms with Gasteiger partial charge in [-0.05, 0) is 82.1 Å². The number of anilines is 1. The van der Waals surface area contributed by atoms with Crippen molar-refractivity contribution in [2.45, 2.75) is 45.8 Å². The van der Waals surface area contributed by atoms with Gasteiger partial charge in [-0.15, -0.1) is 0 Å². The number of halogens is 1. The highest BCUT2D eigenvalue weighted by atomic mass is 35.5. The Labute approximate surface area is 192 Å². The average molecular weight is 455 g/mol. The van der Waals surface area contributed by atoms with Crippen LogP contribution in [0.25, 0.3) is 10.9 Å². The van der Waals surface area contributed by atoms with Crippen LogP contribution in [0.2, 0.25) is 5.02 Å². The van der Waals surface area contributed by atoms with E-state index in [-0.39, 0.29) is 18.4 Å². The molecule has 0 saturated heterocycles. The molecule has 1 aliphatic rings. The van der Waals surface area contributed by atoms with Crippen molar-refractivity contribution in [3.05, 3.63) is 59.2 Å². The van der Waals surface area contributed by atoms with Gasteiger partial charge in [0, 0.05) is 29.1 Å². The molecule has 0 atom stereocenters. The van der Waals surface area contributed by atoms with E-state index in [1.807, 2.05) is 57.2 Å². The third-order valence-electron chi connectivity index (χ3n) is 5.28. The molecule has 0 spiro atoms. The zero-order valence-corrected chi connectivity index (χ0v) is 19.5. The van der Waals surface area contributed by atoms with E-state index >= 15 is 0 Å². The van der Waals surface area contributed by atoms with Crippen molar-refractivity contribution in [2.24, 2.45) is 5.92 Å². The van der Waals surface area contributed by atoms with E-state index in [0.29, 0.717) is 22.0 Å². The number of ether oxygens (including phenoxy) is 2. The molecule has 0 aliphatic heterocycles. The molecular formula is C25H27ClN2O4. The SMILES string of the molecule is CN(C(=O)C1CC1)c1ccc(OCc2cc3cc(Cl)ccc3n2C(=O)OC(C)(C)C)cc1. The Morgan fingerprint density at radius 2 is 1.78 bits per heavy atom. The van der Waals surface area contributed by atoms with Crippen LogP contribution in [-0.2, 0) is 16.1 Å². The lowest BCUT2D eigenvalue weighted by atomic mass is 10.2. The second kappa shape index (κ2) is 8.51. The van der Waals surface area contributed by atoms with Crippen molar-refractivity contribution in [3.8, 4) is 5.75 Å². The fraction of sp³-hybridized carbons (Fsp3) is 0.360. The number of carbonyl (C=O) groups excluding carboxylic acids is 2. The predicted octanol–water partition coefficient (Wildman–Crippen LogP) is 6.03. The second-order valence-corrected chi connectivity index (χ2v) is 9.55. The number of rotatable bonds is 5. The van der Waals surface area contributed by atoms with Gasteiger partial charge in [-0.1, -0.05) is 11.6 Å². The van der Waals surface area contributed by atoms with Gasteiger partial charge in [0.25, 0.3) is 0 Å². The van der Waals surface area contributed by atoms with Gasteiger partial charge >= 0.3 is 6.09 Å². The lowest BCUT2D eigenvalue weighted by Crippen LogP contribution is -2.28. The predicted molar refractivity (Wildman–Crippen MR) is 125 cm³/mol. The molecule has 4 rings (SSSR count). The summed E-state index contributed by atoms with van der Waals surface area (Å²) in [7, 11) is 1.79. The van der Waals surface area contributed by atoms with Crippen molar-refractivity contribution in [2.75, 3.05) is 11.9 Å². The minimum Gasteiger partial charge on any atom is -0.487 e. The highest BCUT2D eigenvalue weighted by Crippen LogP contribution is 2.32. The van der Waals surface area contributed by atoms with Crippen molar-refractivity contribution in [1.29, 1.82) is 0 Å². The highest BCUT2D eigenvalue weighted by Gasteiger charge is 2.32. The Bertz CT molecular complexity index is 1160. The molecule has 1 amide bonds. The number of carbonyl (C=O) groups is 2. The summed E-state index contributed by atoms with van der Waals surface area (Å²) in [5, 5.41) is 1.42. The van der Waals surface area contributed by atoms with E-state index in [2.05, 4.69) is 0 Å². The van der Waals surface area contributed by atoms with Crippen LogP contribution in [0.5, 0.6) is 5.75 Å². The molecule has 6 nitrogen and oxygen atoms in total. The van der Waals surface area contributed by atoms with E-state index in [9.17, 15) is 9.59 Å². The van der Waals surface area contributed by atoms with Gasteiger partial charge < -0.3 is 14.4 Å². The van der Waals surface area contributed by atoms with Crippen LogP contribution >= 0.6 is 11.6 Å². The first-order valence-corrected chi connectivity index (χ1v) is 11.0. The van der Waals surface area contributed by atoms with Gasteiger partial charge in [0.1, 0.15) is 18.0 Å². The number of nitrogens with zero attached hydrogens (tertiary/aromatic N) is 2. The molecule has 1 fully saturated rings. The van der Waals surface area contributed by atoms with Crippen LogP contribution in [0.15, 0.2) is 48.5 Å². The van der Waals surface area contributed by atoms with Gasteiger partial charge in [-0.25, -0.2) is 9.36 Å². The van der Waals surface area contributed by atoms with Crippen molar-refractivity contribution in [1.82, 2.24) is 4.57 Å². The highest BCUT2D eigenvalue weighted by molar-refractivity contribution is 6.31. The van der Waals surface area contributed by atoms with Crippen molar-refractivity contribution < 1.29 is 19.1 Å². The van der Waals surface area contributed by atoms with Gasteiger partial charge in [0.2, 0.25) is 5.91 Å². The fourth-order valence-corrected chi connectivity index (χ4v) is 3.71. The number of hydrogen-bond donors (Lipinski definition) is 0. The monoisotopic (exact) mass is 454 g/mol. The van der Waals surface area contributed by atoms with E-state index in [4.69, 9.17) is 21.1 Å². The smallest absolute Gasteiger partial charge is 0.419 e. The molecule has 1 saturated carbocycles. The van der Waals surface area contributed by atoms with Crippen LogP contribution in [0, 0.1) is 5.92 Å². The number of fused-ring (bicyclic) bond motifs is 1. The number of benzene rings is 2. The normalized spacial score (nSPS) is 13.8. The molecular weight excluding hydrogens is 428 g/mol. The van der Waals surface area contributed by atoms with Crippen LogP contribution in [0.4, 0.5) is 10.5 Å². The molecule has 0 N–H and O–H groups in total. The van der Waals surface area contributed by atoms with Gasteiger partial charge in [0.05, 0.1) is 11.2 Å². The Morgan fingerprint density at radius 3 is 2.41 bits per heavy atom. The minimum absolute atomic E-state index is 0.152. The molecule has 7 heteroatoms. The van der Waals surface area contributed by atoms with Crippen molar-refractivity contribution in [3.63, 3.8) is 0 Å². The van der Waals surface area contributed by atoms with E-state index in [1.165, 1.54) is 4.57 Å². The van der Waals surface area contributed by atoms with Gasteiger partial charge in [-0.3, -0.25) is 4.79 Å². The number of aromatic nitrogens is 1. The third kappa shape index (κ3) is 4.91. The molecule has 0 unspecified atom stereocenters. The summed E-state index contributed by atoms with van der Waals surface area (Å²) in [5.74, 6) is 0.957.